The Morgan fingerprint density at radius 3 is 2.56 bits per heavy atom. The van der Waals surface area contributed by atoms with Gasteiger partial charge in [-0.25, -0.2) is 15.0 Å². The van der Waals surface area contributed by atoms with E-state index in [0.29, 0.717) is 59.1 Å². The number of morpholine rings is 1. The maximum Gasteiger partial charge on any atom is 0.223 e. The molecule has 0 bridgehead atoms. The number of hydrogen-bond donors (Lipinski definition) is 0. The molecule has 246 valence electrons. The summed E-state index contributed by atoms with van der Waals surface area (Å²) in [7, 11) is -1.91. The average Bonchev–Trinajstić information content (AvgIpc) is 3.61. The first-order valence-electron chi connectivity index (χ1n) is 16.8. The third-order valence-electron chi connectivity index (χ3n) is 10.7. The Morgan fingerprint density at radius 1 is 1.02 bits per heavy atom. The lowest BCUT2D eigenvalue weighted by molar-refractivity contribution is 0.0247. The molecule has 2 saturated carbocycles. The van der Waals surface area contributed by atoms with Crippen LogP contribution in [-0.2, 0) is 15.7 Å². The summed E-state index contributed by atoms with van der Waals surface area (Å²) in [5, 5.41) is 1.02. The topological polar surface area (TPSA) is 74.5 Å². The van der Waals surface area contributed by atoms with Crippen LogP contribution in [-0.4, -0.2) is 66.3 Å². The lowest BCUT2D eigenvalue weighted by atomic mass is 9.83. The normalized spacial score (nSPS) is 24.3. The molecule has 0 N–H and O–H groups in total. The van der Waals surface area contributed by atoms with Gasteiger partial charge in [-0.3, -0.25) is 0 Å². The van der Waals surface area contributed by atoms with Gasteiger partial charge in [-0.15, -0.1) is 0 Å². The fourth-order valence-electron chi connectivity index (χ4n) is 7.00. The third kappa shape index (κ3) is 7.03. The van der Waals surface area contributed by atoms with Gasteiger partial charge in [0, 0.05) is 25.4 Å². The highest BCUT2D eigenvalue weighted by Crippen LogP contribution is 2.42. The van der Waals surface area contributed by atoms with Crippen molar-refractivity contribution in [1.29, 1.82) is 0 Å². The fraction of sp³-hybridized carbons (Fsp3) is 0.676. The van der Waals surface area contributed by atoms with Crippen molar-refractivity contribution in [2.75, 3.05) is 31.3 Å². The van der Waals surface area contributed by atoms with Crippen LogP contribution in [0.25, 0.3) is 22.3 Å². The van der Waals surface area contributed by atoms with Gasteiger partial charge >= 0.3 is 0 Å². The molecule has 11 heteroatoms. The van der Waals surface area contributed by atoms with Crippen LogP contribution in [0.1, 0.15) is 72.6 Å². The minimum atomic E-state index is -1.91. The van der Waals surface area contributed by atoms with Crippen molar-refractivity contribution in [2.24, 2.45) is 11.8 Å². The van der Waals surface area contributed by atoms with Crippen LogP contribution >= 0.6 is 23.2 Å². The van der Waals surface area contributed by atoms with Gasteiger partial charge in [0.2, 0.25) is 11.8 Å². The van der Waals surface area contributed by atoms with Gasteiger partial charge in [-0.2, -0.15) is 0 Å². The number of anilines is 1. The molecule has 2 atom stereocenters. The lowest BCUT2D eigenvalue weighted by Gasteiger charge is -2.39. The van der Waals surface area contributed by atoms with Crippen LogP contribution in [0, 0.1) is 11.8 Å². The van der Waals surface area contributed by atoms with E-state index in [-0.39, 0.29) is 11.1 Å². The highest BCUT2D eigenvalue weighted by molar-refractivity contribution is 6.74. The van der Waals surface area contributed by atoms with Gasteiger partial charge in [-0.1, -0.05) is 63.7 Å². The number of nitrogens with zero attached hydrogens (tertiary/aromatic N) is 5. The minimum absolute atomic E-state index is 0.123. The van der Waals surface area contributed by atoms with Gasteiger partial charge in [-0.05, 0) is 68.1 Å². The summed E-state index contributed by atoms with van der Waals surface area (Å²) in [6.45, 7) is 16.9. The van der Waals surface area contributed by atoms with Crippen molar-refractivity contribution in [3.8, 4) is 17.1 Å². The van der Waals surface area contributed by atoms with E-state index in [1.807, 2.05) is 12.1 Å². The van der Waals surface area contributed by atoms with Crippen LogP contribution in [0.4, 0.5) is 5.95 Å². The van der Waals surface area contributed by atoms with E-state index in [1.54, 1.807) is 6.20 Å². The maximum absolute atomic E-state index is 6.73. The molecule has 1 saturated heterocycles. The van der Waals surface area contributed by atoms with Crippen LogP contribution < -0.4 is 9.64 Å². The minimum Gasteiger partial charge on any atom is -0.475 e. The predicted octanol–water partition coefficient (Wildman–Crippen LogP) is 8.78. The van der Waals surface area contributed by atoms with Crippen LogP contribution in [0.2, 0.25) is 28.3 Å². The zero-order valence-electron chi connectivity index (χ0n) is 27.7. The summed E-state index contributed by atoms with van der Waals surface area (Å²) in [4.78, 5) is 17.3. The Kier molecular flexibility index (Phi) is 9.76. The van der Waals surface area contributed by atoms with E-state index in [0.717, 1.165) is 48.8 Å². The molecule has 0 amide bonds. The molecule has 3 fully saturated rings. The molecule has 0 radical (unpaired) electrons. The molecule has 0 aromatic carbocycles. The summed E-state index contributed by atoms with van der Waals surface area (Å²) in [5.41, 5.74) is 3.21. The molecule has 2 aliphatic carbocycles. The predicted molar refractivity (Wildman–Crippen MR) is 185 cm³/mol. The number of ether oxygens (including phenoxy) is 2. The van der Waals surface area contributed by atoms with Gasteiger partial charge < -0.3 is 23.4 Å². The Morgan fingerprint density at radius 2 is 1.80 bits per heavy atom. The summed E-state index contributed by atoms with van der Waals surface area (Å²) in [6.07, 6.45) is 10.2. The van der Waals surface area contributed by atoms with Crippen molar-refractivity contribution >= 4 is 48.5 Å². The number of aromatic nitrogens is 4. The summed E-state index contributed by atoms with van der Waals surface area (Å²) in [6, 6.07) is 4.11. The van der Waals surface area contributed by atoms with Crippen molar-refractivity contribution in [3.63, 3.8) is 0 Å². The highest BCUT2D eigenvalue weighted by Gasteiger charge is 2.39. The molecule has 45 heavy (non-hydrogen) atoms. The van der Waals surface area contributed by atoms with E-state index in [4.69, 9.17) is 47.1 Å². The van der Waals surface area contributed by atoms with Gasteiger partial charge in [0.15, 0.2) is 8.32 Å². The quantitative estimate of drug-likeness (QED) is 0.128. The molecule has 8 nitrogen and oxygen atoms in total. The number of rotatable bonds is 9. The van der Waals surface area contributed by atoms with Crippen molar-refractivity contribution in [3.05, 3.63) is 28.5 Å². The summed E-state index contributed by atoms with van der Waals surface area (Å²) >= 11 is 13.3. The molecular weight excluding hydrogens is 625 g/mol. The summed E-state index contributed by atoms with van der Waals surface area (Å²) in [5.74, 6) is 2.82. The molecular formula is C34H49Cl2N5O3Si. The standard InChI is InChI=1S/C34H49Cl2N5O3Si/c1-22-10-12-23(13-11-22)21-41-31-26(38-33(41)40-14-15-42-28-9-7-8-27(28)40)19-29(36)39-30(31)25-18-24(35)20-37-32(25)43-16-17-44-45(5,6)34(2,3)4/h18-20,22-23,27-28H,7-17,21H2,1-6H3/t22-,23-,27-,28-/m0/s1. The summed E-state index contributed by atoms with van der Waals surface area (Å²) < 4.78 is 21.3. The zero-order valence-corrected chi connectivity index (χ0v) is 30.3. The highest BCUT2D eigenvalue weighted by atomic mass is 35.5. The Hall–Kier alpha value is -1.91. The van der Waals surface area contributed by atoms with E-state index < -0.39 is 8.32 Å². The lowest BCUT2D eigenvalue weighted by Crippen LogP contribution is -2.49. The Labute approximate surface area is 279 Å². The molecule has 3 aromatic heterocycles. The smallest absolute Gasteiger partial charge is 0.223 e. The van der Waals surface area contributed by atoms with Crippen molar-refractivity contribution in [1.82, 2.24) is 19.5 Å². The van der Waals surface area contributed by atoms with Crippen molar-refractivity contribution in [2.45, 2.75) is 109 Å². The second kappa shape index (κ2) is 13.3. The van der Waals surface area contributed by atoms with Gasteiger partial charge in [0.05, 0.1) is 47.0 Å². The third-order valence-corrected chi connectivity index (χ3v) is 15.6. The number of halogens is 2. The van der Waals surface area contributed by atoms with Gasteiger partial charge in [0.1, 0.15) is 17.5 Å². The second-order valence-electron chi connectivity index (χ2n) is 14.9. The van der Waals surface area contributed by atoms with Crippen LogP contribution in [0.3, 0.4) is 0 Å². The van der Waals surface area contributed by atoms with Crippen molar-refractivity contribution < 1.29 is 13.9 Å². The molecule has 3 aliphatic rings. The first-order valence-corrected chi connectivity index (χ1v) is 20.5. The number of fused-ring (bicyclic) bond motifs is 2. The molecule has 3 aromatic rings. The number of imidazole rings is 1. The number of hydrogen-bond acceptors (Lipinski definition) is 7. The molecule has 6 rings (SSSR count). The molecule has 1 aliphatic heterocycles. The first kappa shape index (κ1) is 33.0. The largest absolute Gasteiger partial charge is 0.475 e. The van der Waals surface area contributed by atoms with Crippen LogP contribution in [0.15, 0.2) is 18.3 Å². The SMILES string of the molecule is CC(C)(C)[Si](C)(C)OCCOc1ncc(Cl)cc1-c1nc(Cl)cc2nc(N3CCO[C@H]4CCC[C@@H]43)n(C[C@H]3CC[C@H](C)CC3)c12. The molecule has 0 unspecified atom stereocenters. The van der Waals surface area contributed by atoms with E-state index in [1.165, 1.54) is 32.1 Å². The molecule has 0 spiro atoms. The second-order valence-corrected chi connectivity index (χ2v) is 20.5. The van der Waals surface area contributed by atoms with Crippen LogP contribution in [0.5, 0.6) is 5.88 Å². The van der Waals surface area contributed by atoms with Gasteiger partial charge in [0.25, 0.3) is 0 Å². The Balaban J connectivity index is 1.40. The maximum atomic E-state index is 6.73. The Bertz CT molecular complexity index is 1500. The fourth-order valence-corrected chi connectivity index (χ4v) is 8.37. The average molecular weight is 675 g/mol. The van der Waals surface area contributed by atoms with E-state index >= 15 is 0 Å². The monoisotopic (exact) mass is 673 g/mol. The first-order chi connectivity index (χ1) is 21.4. The van der Waals surface area contributed by atoms with E-state index in [2.05, 4.69) is 55.2 Å². The van der Waals surface area contributed by atoms with E-state index in [9.17, 15) is 0 Å². The number of pyridine rings is 2. The molecule has 4 heterocycles. The zero-order chi connectivity index (χ0) is 31.9.